The average Bonchev–Trinajstić information content (AvgIpc) is 2.83. The van der Waals surface area contributed by atoms with E-state index in [4.69, 9.17) is 42.6 Å². The number of carbonyl (C=O) groups excluding carboxylic acids is 2. The SMILES string of the molecule is COC(=O)CCOCCOCCOCCOCCOCCOCCOCCOCCOC(C)=O. The molecule has 0 radical (unpaired) electrons. The predicted molar refractivity (Wildman–Crippen MR) is 120 cm³/mol. The molecule has 0 heterocycles. The number of ether oxygens (including phenoxy) is 10. The van der Waals surface area contributed by atoms with Crippen LogP contribution in [0.3, 0.4) is 0 Å². The fourth-order valence-electron chi connectivity index (χ4n) is 2.14. The van der Waals surface area contributed by atoms with Crippen molar-refractivity contribution in [3.8, 4) is 0 Å². The zero-order valence-corrected chi connectivity index (χ0v) is 20.6. The maximum atomic E-state index is 10.9. The molecule has 202 valence electrons. The summed E-state index contributed by atoms with van der Waals surface area (Å²) in [5.74, 6) is -0.601. The first-order valence-corrected chi connectivity index (χ1v) is 11.5. The lowest BCUT2D eigenvalue weighted by molar-refractivity contribution is -0.143. The van der Waals surface area contributed by atoms with Crippen LogP contribution in [0.5, 0.6) is 0 Å². The molecule has 0 N–H and O–H groups in total. The van der Waals surface area contributed by atoms with Gasteiger partial charge in [-0.25, -0.2) is 0 Å². The van der Waals surface area contributed by atoms with Crippen molar-refractivity contribution in [3.05, 3.63) is 0 Å². The molecule has 0 atom stereocenters. The highest BCUT2D eigenvalue weighted by Gasteiger charge is 1.99. The van der Waals surface area contributed by atoms with Gasteiger partial charge < -0.3 is 47.4 Å². The summed E-state index contributed by atoms with van der Waals surface area (Å²) in [6.45, 7) is 8.93. The molecule has 0 aliphatic heterocycles. The van der Waals surface area contributed by atoms with Gasteiger partial charge in [0.25, 0.3) is 0 Å². The van der Waals surface area contributed by atoms with Gasteiger partial charge in [0.1, 0.15) is 6.61 Å². The van der Waals surface area contributed by atoms with Gasteiger partial charge in [0, 0.05) is 6.92 Å². The van der Waals surface area contributed by atoms with Crippen LogP contribution in [0.4, 0.5) is 0 Å². The molecule has 0 saturated carbocycles. The summed E-state index contributed by atoms with van der Waals surface area (Å²) in [5.41, 5.74) is 0. The Labute approximate surface area is 202 Å². The minimum absolute atomic E-state index is 0.244. The van der Waals surface area contributed by atoms with Crippen molar-refractivity contribution in [2.45, 2.75) is 13.3 Å². The van der Waals surface area contributed by atoms with Gasteiger partial charge in [-0.15, -0.1) is 0 Å². The van der Waals surface area contributed by atoms with Gasteiger partial charge in [-0.05, 0) is 0 Å². The molecule has 0 aromatic carbocycles. The summed E-state index contributed by atoms with van der Waals surface area (Å²) in [5, 5.41) is 0. The highest BCUT2D eigenvalue weighted by atomic mass is 16.6. The molecule has 0 aliphatic carbocycles. The molecule has 12 heteroatoms. The molecular formula is C22H42O12. The first-order chi connectivity index (χ1) is 16.7. The second-order valence-corrected chi connectivity index (χ2v) is 6.57. The van der Waals surface area contributed by atoms with Crippen molar-refractivity contribution in [2.24, 2.45) is 0 Å². The molecule has 12 nitrogen and oxygen atoms in total. The molecule has 0 aromatic heterocycles. The lowest BCUT2D eigenvalue weighted by Crippen LogP contribution is -2.15. The van der Waals surface area contributed by atoms with E-state index in [-0.39, 0.29) is 25.0 Å². The smallest absolute Gasteiger partial charge is 0.307 e. The van der Waals surface area contributed by atoms with Crippen LogP contribution in [0, 0.1) is 0 Å². The Morgan fingerprint density at radius 3 is 0.971 bits per heavy atom. The molecule has 0 fully saturated rings. The molecule has 0 rings (SSSR count). The lowest BCUT2D eigenvalue weighted by atomic mass is 10.5. The summed E-state index contributed by atoms with van der Waals surface area (Å²) in [4.78, 5) is 21.4. The quantitative estimate of drug-likeness (QED) is 0.114. The van der Waals surface area contributed by atoms with Crippen LogP contribution in [0.15, 0.2) is 0 Å². The standard InChI is InChI=1S/C22H42O12/c1-21(23)34-20-19-33-18-17-32-16-15-31-14-13-30-12-11-29-10-9-28-8-7-27-6-5-26-4-3-22(24)25-2/h3-20H2,1-2H3. The number of hydrogen-bond acceptors (Lipinski definition) is 12. The van der Waals surface area contributed by atoms with E-state index < -0.39 is 0 Å². The summed E-state index contributed by atoms with van der Waals surface area (Å²) < 4.78 is 52.0. The Kier molecular flexibility index (Phi) is 26.7. The second-order valence-electron chi connectivity index (χ2n) is 6.57. The van der Waals surface area contributed by atoms with Crippen LogP contribution in [0.25, 0.3) is 0 Å². The van der Waals surface area contributed by atoms with E-state index in [1.807, 2.05) is 0 Å². The third-order valence-corrected chi connectivity index (χ3v) is 3.82. The van der Waals surface area contributed by atoms with Crippen molar-refractivity contribution in [1.29, 1.82) is 0 Å². The second kappa shape index (κ2) is 27.9. The van der Waals surface area contributed by atoms with Gasteiger partial charge in [0.05, 0.1) is 119 Å². The van der Waals surface area contributed by atoms with Crippen molar-refractivity contribution in [2.75, 3.05) is 119 Å². The van der Waals surface area contributed by atoms with Gasteiger partial charge in [0.2, 0.25) is 0 Å². The van der Waals surface area contributed by atoms with E-state index in [0.29, 0.717) is 106 Å². The largest absolute Gasteiger partial charge is 0.469 e. The number of esters is 2. The third-order valence-electron chi connectivity index (χ3n) is 3.82. The van der Waals surface area contributed by atoms with Crippen molar-refractivity contribution in [3.63, 3.8) is 0 Å². The third kappa shape index (κ3) is 28.7. The lowest BCUT2D eigenvalue weighted by Gasteiger charge is -2.08. The molecule has 0 unspecified atom stereocenters. The molecule has 0 aliphatic rings. The normalized spacial score (nSPS) is 11.0. The Balaban J connectivity index is 3.04. The maximum absolute atomic E-state index is 10.9. The van der Waals surface area contributed by atoms with Gasteiger partial charge in [-0.1, -0.05) is 0 Å². The Morgan fingerprint density at radius 1 is 0.441 bits per heavy atom. The zero-order chi connectivity index (χ0) is 25.0. The Hall–Kier alpha value is -1.38. The van der Waals surface area contributed by atoms with Gasteiger partial charge >= 0.3 is 11.9 Å². The molecule has 0 saturated heterocycles. The maximum Gasteiger partial charge on any atom is 0.307 e. The predicted octanol–water partition coefficient (Wildman–Crippen LogP) is 0.245. The van der Waals surface area contributed by atoms with Crippen molar-refractivity contribution < 1.29 is 57.0 Å². The van der Waals surface area contributed by atoms with E-state index >= 15 is 0 Å². The first-order valence-electron chi connectivity index (χ1n) is 11.5. The van der Waals surface area contributed by atoms with E-state index in [0.717, 1.165) is 0 Å². The van der Waals surface area contributed by atoms with Gasteiger partial charge in [-0.2, -0.15) is 0 Å². The number of carbonyl (C=O) groups is 2. The minimum atomic E-state index is -0.313. The highest BCUT2D eigenvalue weighted by Crippen LogP contribution is 1.88. The van der Waals surface area contributed by atoms with Crippen molar-refractivity contribution >= 4 is 11.9 Å². The monoisotopic (exact) mass is 498 g/mol. The van der Waals surface area contributed by atoms with Crippen LogP contribution in [-0.4, -0.2) is 131 Å². The van der Waals surface area contributed by atoms with Crippen molar-refractivity contribution in [1.82, 2.24) is 0 Å². The molecule has 0 amide bonds. The molecular weight excluding hydrogens is 456 g/mol. The number of hydrogen-bond donors (Lipinski definition) is 0. The van der Waals surface area contributed by atoms with E-state index in [1.54, 1.807) is 0 Å². The van der Waals surface area contributed by atoms with Crippen LogP contribution < -0.4 is 0 Å². The fraction of sp³-hybridized carbons (Fsp3) is 0.909. The molecule has 0 spiro atoms. The Morgan fingerprint density at radius 2 is 0.706 bits per heavy atom. The highest BCUT2D eigenvalue weighted by molar-refractivity contribution is 5.69. The zero-order valence-electron chi connectivity index (χ0n) is 20.6. The van der Waals surface area contributed by atoms with Crippen LogP contribution in [-0.2, 0) is 57.0 Å². The molecule has 0 aromatic rings. The topological polar surface area (TPSA) is 126 Å². The van der Waals surface area contributed by atoms with Gasteiger partial charge in [-0.3, -0.25) is 9.59 Å². The van der Waals surface area contributed by atoms with Crippen LogP contribution in [0.1, 0.15) is 13.3 Å². The first kappa shape index (κ1) is 32.6. The Bertz CT molecular complexity index is 450. The average molecular weight is 499 g/mol. The minimum Gasteiger partial charge on any atom is -0.469 e. The number of rotatable bonds is 27. The molecule has 0 bridgehead atoms. The molecule has 34 heavy (non-hydrogen) atoms. The van der Waals surface area contributed by atoms with E-state index in [2.05, 4.69) is 4.74 Å². The van der Waals surface area contributed by atoms with Gasteiger partial charge in [0.15, 0.2) is 0 Å². The summed E-state index contributed by atoms with van der Waals surface area (Å²) in [7, 11) is 1.35. The van der Waals surface area contributed by atoms with E-state index in [1.165, 1.54) is 14.0 Å². The summed E-state index contributed by atoms with van der Waals surface area (Å²) in [6, 6.07) is 0. The van der Waals surface area contributed by atoms with E-state index in [9.17, 15) is 9.59 Å². The summed E-state index contributed by atoms with van der Waals surface area (Å²) >= 11 is 0. The fourth-order valence-corrected chi connectivity index (χ4v) is 2.14. The van der Waals surface area contributed by atoms with Crippen LogP contribution >= 0.6 is 0 Å². The van der Waals surface area contributed by atoms with Crippen LogP contribution in [0.2, 0.25) is 0 Å². The number of methoxy groups -OCH3 is 1. The summed E-state index contributed by atoms with van der Waals surface area (Å²) in [6.07, 6.45) is 0.244.